The predicted molar refractivity (Wildman–Crippen MR) is 23.4 cm³/mol. The zero-order valence-corrected chi connectivity index (χ0v) is 3.67. The topological polar surface area (TPSA) is 36.2 Å². The second-order valence-corrected chi connectivity index (χ2v) is 1.22. The van der Waals surface area contributed by atoms with E-state index in [1.807, 2.05) is 0 Å². The summed E-state index contributed by atoms with van der Waals surface area (Å²) >= 11 is 4.34. The van der Waals surface area contributed by atoms with Crippen molar-refractivity contribution in [3.8, 4) is 0 Å². The summed E-state index contributed by atoms with van der Waals surface area (Å²) in [4.78, 5) is 0.380. The number of nitrogens with zero attached hydrogens (tertiary/aromatic N) is 1. The molecule has 5 heavy (non-hydrogen) atoms. The van der Waals surface area contributed by atoms with Crippen molar-refractivity contribution in [2.75, 3.05) is 0 Å². The molecule has 0 aliphatic rings. The van der Waals surface area contributed by atoms with Gasteiger partial charge in [-0.05, 0) is 6.92 Å². The van der Waals surface area contributed by atoms with Crippen LogP contribution >= 0.6 is 12.2 Å². The maximum Gasteiger partial charge on any atom is 0.122 e. The van der Waals surface area contributed by atoms with Gasteiger partial charge >= 0.3 is 0 Å². The van der Waals surface area contributed by atoms with Crippen molar-refractivity contribution >= 4 is 17.2 Å². The molecule has 0 heterocycles. The van der Waals surface area contributed by atoms with E-state index in [9.17, 15) is 0 Å². The normalized spacial score (nSPS) is 6.60. The van der Waals surface area contributed by atoms with Gasteiger partial charge in [0, 0.05) is 0 Å². The maximum absolute atomic E-state index is 6.14. The highest BCUT2D eigenvalue weighted by atomic mass is 32.1. The summed E-state index contributed by atoms with van der Waals surface area (Å²) < 4.78 is 0. The molecule has 0 aromatic carbocycles. The van der Waals surface area contributed by atoms with Gasteiger partial charge in [-0.25, -0.2) is 5.53 Å². The Hall–Kier alpha value is -0.310. The van der Waals surface area contributed by atoms with Gasteiger partial charge in [-0.1, -0.05) is 12.2 Å². The Morgan fingerprint density at radius 3 is 2.20 bits per heavy atom. The fourth-order valence-electron chi connectivity index (χ4n) is 0. The predicted octanol–water partition coefficient (Wildman–Crippen LogP) is 1.36. The van der Waals surface area contributed by atoms with Crippen LogP contribution in [0, 0.1) is 5.53 Å². The molecule has 0 atom stereocenters. The van der Waals surface area contributed by atoms with E-state index < -0.39 is 0 Å². The van der Waals surface area contributed by atoms with Crippen LogP contribution < -0.4 is 0 Å². The first-order valence-corrected chi connectivity index (χ1v) is 1.56. The first kappa shape index (κ1) is 4.69. The number of thiocarbonyl (C=S) groups is 1. The molecular weight excluding hydrogens is 84.1 g/mol. The minimum atomic E-state index is 0.380. The van der Waals surface area contributed by atoms with E-state index in [0.29, 0.717) is 4.99 Å². The Labute approximate surface area is 35.7 Å². The van der Waals surface area contributed by atoms with Crippen molar-refractivity contribution in [2.24, 2.45) is 5.11 Å². The van der Waals surface area contributed by atoms with Gasteiger partial charge in [-0.3, -0.25) is 0 Å². The molecule has 0 radical (unpaired) electrons. The number of rotatable bonds is 0. The Bertz CT molecular complexity index is 58.7. The van der Waals surface area contributed by atoms with E-state index in [1.165, 1.54) is 0 Å². The lowest BCUT2D eigenvalue weighted by Crippen LogP contribution is -1.68. The highest BCUT2D eigenvalue weighted by Gasteiger charge is 1.66. The van der Waals surface area contributed by atoms with Gasteiger partial charge in [-0.2, -0.15) is 5.11 Å². The van der Waals surface area contributed by atoms with Gasteiger partial charge in [0.05, 0.1) is 0 Å². The third-order valence-corrected chi connectivity index (χ3v) is 0.249. The number of hydrogen-bond donors (Lipinski definition) is 1. The molecule has 0 fully saturated rings. The lowest BCUT2D eigenvalue weighted by Gasteiger charge is -1.66. The van der Waals surface area contributed by atoms with Crippen LogP contribution in [0.1, 0.15) is 6.92 Å². The first-order chi connectivity index (χ1) is 2.27. The smallest absolute Gasteiger partial charge is 0.122 e. The van der Waals surface area contributed by atoms with Crippen LogP contribution in [0.4, 0.5) is 0 Å². The van der Waals surface area contributed by atoms with Crippen molar-refractivity contribution in [3.05, 3.63) is 0 Å². The highest BCUT2D eigenvalue weighted by Crippen LogP contribution is 1.69. The molecule has 3 heteroatoms. The van der Waals surface area contributed by atoms with Crippen molar-refractivity contribution in [2.45, 2.75) is 6.92 Å². The molecule has 0 rings (SSSR count). The average Bonchev–Trinajstić information content (AvgIpc) is 1.38. The maximum atomic E-state index is 6.14. The molecule has 1 N–H and O–H groups in total. The zero-order chi connectivity index (χ0) is 4.28. The summed E-state index contributed by atoms with van der Waals surface area (Å²) in [5, 5.41) is 2.87. The molecule has 28 valence electrons. The third-order valence-electron chi connectivity index (χ3n) is 0.157. The quantitative estimate of drug-likeness (QED) is 0.352. The van der Waals surface area contributed by atoms with Crippen molar-refractivity contribution in [1.82, 2.24) is 0 Å². The van der Waals surface area contributed by atoms with Crippen LogP contribution in [0.3, 0.4) is 0 Å². The largest absolute Gasteiger partial charge is 0.204 e. The van der Waals surface area contributed by atoms with Gasteiger partial charge in [0.2, 0.25) is 0 Å². The molecular formula is C2H4N2S. The van der Waals surface area contributed by atoms with E-state index >= 15 is 0 Å². The fraction of sp³-hybridized carbons (Fsp3) is 0.500. The summed E-state index contributed by atoms with van der Waals surface area (Å²) in [5.41, 5.74) is 6.14. The fourth-order valence-corrected chi connectivity index (χ4v) is 0. The van der Waals surface area contributed by atoms with Gasteiger partial charge in [0.15, 0.2) is 0 Å². The van der Waals surface area contributed by atoms with E-state index in [4.69, 9.17) is 5.53 Å². The molecule has 0 bridgehead atoms. The third kappa shape index (κ3) is 3.69. The minimum Gasteiger partial charge on any atom is -0.204 e. The highest BCUT2D eigenvalue weighted by molar-refractivity contribution is 7.80. The van der Waals surface area contributed by atoms with Crippen LogP contribution in [-0.4, -0.2) is 4.99 Å². The standard InChI is InChI=1S/C2H4N2S/c1-2(5)4-3/h3H,1H3. The zero-order valence-electron chi connectivity index (χ0n) is 2.86. The van der Waals surface area contributed by atoms with E-state index in [0.717, 1.165) is 0 Å². The van der Waals surface area contributed by atoms with Crippen LogP contribution in [-0.2, 0) is 0 Å². The summed E-state index contributed by atoms with van der Waals surface area (Å²) in [6.45, 7) is 1.60. The van der Waals surface area contributed by atoms with Crippen LogP contribution in [0.2, 0.25) is 0 Å². The minimum absolute atomic E-state index is 0.380. The van der Waals surface area contributed by atoms with Gasteiger partial charge in [-0.15, -0.1) is 0 Å². The molecule has 0 amide bonds. The summed E-state index contributed by atoms with van der Waals surface area (Å²) in [5.74, 6) is 0. The molecule has 2 nitrogen and oxygen atoms in total. The lowest BCUT2D eigenvalue weighted by molar-refractivity contribution is 1.20. The van der Waals surface area contributed by atoms with Crippen LogP contribution in [0.5, 0.6) is 0 Å². The molecule has 0 spiro atoms. The van der Waals surface area contributed by atoms with E-state index in [-0.39, 0.29) is 0 Å². The van der Waals surface area contributed by atoms with Gasteiger partial charge in [0.1, 0.15) is 4.99 Å². The summed E-state index contributed by atoms with van der Waals surface area (Å²) in [6.07, 6.45) is 0. The Balaban J connectivity index is 3.20. The summed E-state index contributed by atoms with van der Waals surface area (Å²) in [6, 6.07) is 0. The second kappa shape index (κ2) is 1.96. The first-order valence-electron chi connectivity index (χ1n) is 1.15. The summed E-state index contributed by atoms with van der Waals surface area (Å²) in [7, 11) is 0. The lowest BCUT2D eigenvalue weighted by atomic mass is 10.8. The Morgan fingerprint density at radius 2 is 2.20 bits per heavy atom. The van der Waals surface area contributed by atoms with E-state index in [2.05, 4.69) is 17.3 Å². The molecule has 0 saturated heterocycles. The monoisotopic (exact) mass is 88.0 g/mol. The second-order valence-electron chi connectivity index (χ2n) is 0.631. The van der Waals surface area contributed by atoms with E-state index in [1.54, 1.807) is 6.92 Å². The molecule has 0 aliphatic heterocycles. The van der Waals surface area contributed by atoms with Crippen molar-refractivity contribution in [3.63, 3.8) is 0 Å². The molecule has 0 aliphatic carbocycles. The number of hydrogen-bond acceptors (Lipinski definition) is 2. The van der Waals surface area contributed by atoms with Crippen molar-refractivity contribution < 1.29 is 0 Å². The molecule has 0 aromatic heterocycles. The van der Waals surface area contributed by atoms with Crippen LogP contribution in [0.25, 0.3) is 0 Å². The van der Waals surface area contributed by atoms with Gasteiger partial charge < -0.3 is 0 Å². The molecule has 0 aromatic rings. The molecule has 0 unspecified atom stereocenters. The van der Waals surface area contributed by atoms with Crippen LogP contribution in [0.15, 0.2) is 5.11 Å². The SMILES string of the molecule is CC(=S)N=N. The Morgan fingerprint density at radius 1 is 2.00 bits per heavy atom. The average molecular weight is 88.1 g/mol. The van der Waals surface area contributed by atoms with Crippen molar-refractivity contribution in [1.29, 1.82) is 5.53 Å². The number of nitrogens with one attached hydrogen (secondary N) is 1. The van der Waals surface area contributed by atoms with Gasteiger partial charge in [0.25, 0.3) is 0 Å². The Kier molecular flexibility index (Phi) is 1.84. The molecule has 0 saturated carbocycles.